The van der Waals surface area contributed by atoms with Crippen LogP contribution in [0.5, 0.6) is 5.75 Å². The quantitative estimate of drug-likeness (QED) is 0.574. The number of allylic oxidation sites excluding steroid dienone is 3. The second-order valence-corrected chi connectivity index (χ2v) is 5.84. The lowest BCUT2D eigenvalue weighted by molar-refractivity contribution is 0.475. The molecule has 19 heavy (non-hydrogen) atoms. The molecule has 0 heterocycles. The molecule has 1 saturated carbocycles. The molecule has 2 aliphatic carbocycles. The fourth-order valence-electron chi connectivity index (χ4n) is 2.82. The molecule has 0 aromatic heterocycles. The number of benzene rings is 1. The van der Waals surface area contributed by atoms with Gasteiger partial charge in [-0.2, -0.15) is 12.6 Å². The molecule has 2 N–H and O–H groups in total. The fraction of sp³-hybridized carbons (Fsp3) is 0.375. The van der Waals surface area contributed by atoms with Crippen LogP contribution >= 0.6 is 12.6 Å². The number of fused-ring (bicyclic) bond motifs is 1. The summed E-state index contributed by atoms with van der Waals surface area (Å²) in [5.74, 6) is 0.300. The smallest absolute Gasteiger partial charge is 0.115 e. The Balaban J connectivity index is 1.62. The zero-order chi connectivity index (χ0) is 13.2. The van der Waals surface area contributed by atoms with Crippen LogP contribution in [-0.4, -0.2) is 16.9 Å². The molecule has 0 amide bonds. The molecule has 100 valence electrons. The summed E-state index contributed by atoms with van der Waals surface area (Å²) in [6, 6.07) is 7.18. The normalized spacial score (nSPS) is 19.3. The standard InChI is InChI=1S/C16H19NOS/c18-13-7-5-12(6-8-13)17-10-16(19)15-3-1-2-11-4-9-14(11)15/h2,5-8,16-19H,1,3-4,9-10H2. The van der Waals surface area contributed by atoms with E-state index in [9.17, 15) is 5.11 Å². The summed E-state index contributed by atoms with van der Waals surface area (Å²) in [6.45, 7) is 0.833. The van der Waals surface area contributed by atoms with Gasteiger partial charge < -0.3 is 10.4 Å². The Morgan fingerprint density at radius 3 is 2.63 bits per heavy atom. The Morgan fingerprint density at radius 1 is 1.16 bits per heavy atom. The maximum Gasteiger partial charge on any atom is 0.115 e. The molecule has 0 spiro atoms. The van der Waals surface area contributed by atoms with E-state index in [0.29, 0.717) is 5.75 Å². The van der Waals surface area contributed by atoms with Crippen LogP contribution in [0.25, 0.3) is 0 Å². The lowest BCUT2D eigenvalue weighted by Crippen LogP contribution is -2.22. The van der Waals surface area contributed by atoms with Gasteiger partial charge in [0, 0.05) is 17.5 Å². The number of phenols is 1. The minimum atomic E-state index is 0.285. The van der Waals surface area contributed by atoms with Crippen molar-refractivity contribution >= 4 is 18.3 Å². The monoisotopic (exact) mass is 273 g/mol. The predicted octanol–water partition coefficient (Wildman–Crippen LogP) is 3.91. The van der Waals surface area contributed by atoms with Crippen LogP contribution in [0.15, 0.2) is 47.1 Å². The SMILES string of the molecule is Oc1ccc(NCC(S)C2=C3CCC3=CCC2)cc1. The molecule has 3 rings (SSSR count). The molecule has 1 unspecified atom stereocenters. The minimum absolute atomic E-state index is 0.285. The Bertz CT molecular complexity index is 530. The first-order chi connectivity index (χ1) is 9.24. The number of hydrogen-bond donors (Lipinski definition) is 3. The minimum Gasteiger partial charge on any atom is -0.508 e. The van der Waals surface area contributed by atoms with Crippen LogP contribution in [0.2, 0.25) is 0 Å². The summed E-state index contributed by atoms with van der Waals surface area (Å²) >= 11 is 4.76. The van der Waals surface area contributed by atoms with Crippen LogP contribution < -0.4 is 5.32 Å². The summed E-state index contributed by atoms with van der Waals surface area (Å²) in [5.41, 5.74) is 5.68. The van der Waals surface area contributed by atoms with E-state index in [4.69, 9.17) is 12.6 Å². The van der Waals surface area contributed by atoms with Gasteiger partial charge in [0.1, 0.15) is 5.75 Å². The largest absolute Gasteiger partial charge is 0.508 e. The summed E-state index contributed by atoms with van der Waals surface area (Å²) < 4.78 is 0. The van der Waals surface area contributed by atoms with Crippen LogP contribution in [0, 0.1) is 0 Å². The molecule has 0 bridgehead atoms. The number of nitrogens with one attached hydrogen (secondary N) is 1. The average molecular weight is 273 g/mol. The lowest BCUT2D eigenvalue weighted by atomic mass is 9.76. The van der Waals surface area contributed by atoms with Crippen LogP contribution in [0.3, 0.4) is 0 Å². The summed E-state index contributed by atoms with van der Waals surface area (Å²) in [5, 5.41) is 12.9. The van der Waals surface area contributed by atoms with E-state index in [1.165, 1.54) is 24.8 Å². The molecule has 3 heteroatoms. The third-order valence-electron chi connectivity index (χ3n) is 3.99. The Hall–Kier alpha value is -1.35. The number of phenolic OH excluding ortho intramolecular Hbond substituents is 1. The van der Waals surface area contributed by atoms with E-state index < -0.39 is 0 Å². The van der Waals surface area contributed by atoms with Gasteiger partial charge in [-0.15, -0.1) is 0 Å². The van der Waals surface area contributed by atoms with Crippen molar-refractivity contribution in [3.8, 4) is 5.75 Å². The van der Waals surface area contributed by atoms with Crippen molar-refractivity contribution in [2.45, 2.75) is 30.9 Å². The molecule has 1 aromatic carbocycles. The first-order valence-electron chi connectivity index (χ1n) is 6.86. The van der Waals surface area contributed by atoms with E-state index in [1.54, 1.807) is 23.3 Å². The molecule has 0 saturated heterocycles. The molecule has 1 atom stereocenters. The Kier molecular flexibility index (Phi) is 3.56. The summed E-state index contributed by atoms with van der Waals surface area (Å²) in [7, 11) is 0. The second kappa shape index (κ2) is 5.33. The van der Waals surface area contributed by atoms with E-state index in [2.05, 4.69) is 11.4 Å². The third kappa shape index (κ3) is 2.66. The van der Waals surface area contributed by atoms with Crippen LogP contribution in [0.1, 0.15) is 25.7 Å². The number of aromatic hydroxyl groups is 1. The average Bonchev–Trinajstić information content (AvgIpc) is 2.39. The van der Waals surface area contributed by atoms with E-state index in [1.807, 2.05) is 12.1 Å². The highest BCUT2D eigenvalue weighted by Gasteiger charge is 2.26. The Morgan fingerprint density at radius 2 is 1.95 bits per heavy atom. The van der Waals surface area contributed by atoms with Crippen molar-refractivity contribution in [1.29, 1.82) is 0 Å². The summed E-state index contributed by atoms with van der Waals surface area (Å²) in [4.78, 5) is 0. The van der Waals surface area contributed by atoms with Crippen molar-refractivity contribution < 1.29 is 5.11 Å². The molecule has 1 aromatic rings. The highest BCUT2D eigenvalue weighted by molar-refractivity contribution is 7.81. The van der Waals surface area contributed by atoms with Gasteiger partial charge in [-0.3, -0.25) is 0 Å². The third-order valence-corrected chi connectivity index (χ3v) is 4.49. The molecule has 2 aliphatic rings. The molecule has 1 fully saturated rings. The Labute approximate surface area is 119 Å². The fourth-order valence-corrected chi connectivity index (χ4v) is 3.20. The summed E-state index contributed by atoms with van der Waals surface area (Å²) in [6.07, 6.45) is 7.20. The molecule has 0 aliphatic heterocycles. The zero-order valence-corrected chi connectivity index (χ0v) is 11.8. The van der Waals surface area contributed by atoms with Gasteiger partial charge >= 0.3 is 0 Å². The topological polar surface area (TPSA) is 32.3 Å². The first kappa shape index (κ1) is 12.7. The van der Waals surface area contributed by atoms with Crippen molar-refractivity contribution in [3.63, 3.8) is 0 Å². The number of thiol groups is 1. The molecular formula is C16H19NOS. The van der Waals surface area contributed by atoms with Gasteiger partial charge in [-0.05, 0) is 61.1 Å². The van der Waals surface area contributed by atoms with Crippen LogP contribution in [0.4, 0.5) is 5.69 Å². The second-order valence-electron chi connectivity index (χ2n) is 5.22. The highest BCUT2D eigenvalue weighted by atomic mass is 32.1. The first-order valence-corrected chi connectivity index (χ1v) is 7.38. The maximum atomic E-state index is 9.25. The molecule has 2 nitrogen and oxygen atoms in total. The molecule has 0 radical (unpaired) electrons. The molecular weight excluding hydrogens is 254 g/mol. The zero-order valence-electron chi connectivity index (χ0n) is 10.9. The number of hydrogen-bond acceptors (Lipinski definition) is 3. The van der Waals surface area contributed by atoms with E-state index in [-0.39, 0.29) is 5.25 Å². The van der Waals surface area contributed by atoms with Gasteiger partial charge in [-0.25, -0.2) is 0 Å². The van der Waals surface area contributed by atoms with Gasteiger partial charge in [0.25, 0.3) is 0 Å². The van der Waals surface area contributed by atoms with Crippen molar-refractivity contribution in [2.75, 3.05) is 11.9 Å². The predicted molar refractivity (Wildman–Crippen MR) is 82.9 cm³/mol. The number of rotatable bonds is 4. The van der Waals surface area contributed by atoms with Gasteiger partial charge in [0.05, 0.1) is 0 Å². The van der Waals surface area contributed by atoms with Gasteiger partial charge in [0.15, 0.2) is 0 Å². The highest BCUT2D eigenvalue weighted by Crippen LogP contribution is 2.42. The van der Waals surface area contributed by atoms with Crippen LogP contribution in [-0.2, 0) is 0 Å². The lowest BCUT2D eigenvalue weighted by Gasteiger charge is -2.32. The van der Waals surface area contributed by atoms with E-state index in [0.717, 1.165) is 18.7 Å². The van der Waals surface area contributed by atoms with Crippen molar-refractivity contribution in [1.82, 2.24) is 0 Å². The van der Waals surface area contributed by atoms with Crippen molar-refractivity contribution in [3.05, 3.63) is 47.1 Å². The van der Waals surface area contributed by atoms with Gasteiger partial charge in [0.2, 0.25) is 0 Å². The maximum absolute atomic E-state index is 9.25. The van der Waals surface area contributed by atoms with E-state index >= 15 is 0 Å². The van der Waals surface area contributed by atoms with Gasteiger partial charge in [-0.1, -0.05) is 11.6 Å². The number of anilines is 1. The van der Waals surface area contributed by atoms with Crippen molar-refractivity contribution in [2.24, 2.45) is 0 Å².